The summed E-state index contributed by atoms with van der Waals surface area (Å²) in [6.07, 6.45) is 4.39. The normalized spacial score (nSPS) is 36.1. The summed E-state index contributed by atoms with van der Waals surface area (Å²) >= 11 is 0. The molecule has 0 aliphatic heterocycles. The van der Waals surface area contributed by atoms with E-state index in [-0.39, 0.29) is 12.0 Å². The maximum absolute atomic E-state index is 10.2. The second-order valence-corrected chi connectivity index (χ2v) is 2.65. The van der Waals surface area contributed by atoms with E-state index in [1.54, 1.807) is 0 Å². The molecule has 1 saturated carbocycles. The van der Waals surface area contributed by atoms with Crippen molar-refractivity contribution < 1.29 is 9.90 Å². The summed E-state index contributed by atoms with van der Waals surface area (Å²) < 4.78 is 0. The molecule has 0 aromatic rings. The standard InChI is InChI=1S/C7H12O2/c8-5-6-3-1-2-4-7(6)9/h5-7,9H,1-4H2/t6-,7-/m0/s1. The number of aliphatic hydroxyl groups excluding tert-OH is 1. The monoisotopic (exact) mass is 128 g/mol. The molecule has 0 aromatic carbocycles. The quantitative estimate of drug-likeness (QED) is 0.529. The van der Waals surface area contributed by atoms with Crippen LogP contribution in [0, 0.1) is 5.92 Å². The van der Waals surface area contributed by atoms with Gasteiger partial charge in [0.15, 0.2) is 0 Å². The van der Waals surface area contributed by atoms with Gasteiger partial charge in [-0.2, -0.15) is 0 Å². The fourth-order valence-electron chi connectivity index (χ4n) is 1.30. The molecule has 0 spiro atoms. The minimum atomic E-state index is -0.351. The third-order valence-corrected chi connectivity index (χ3v) is 1.96. The third-order valence-electron chi connectivity index (χ3n) is 1.96. The summed E-state index contributed by atoms with van der Waals surface area (Å²) in [7, 11) is 0. The summed E-state index contributed by atoms with van der Waals surface area (Å²) in [5.74, 6) is -0.0706. The Morgan fingerprint density at radius 3 is 2.44 bits per heavy atom. The van der Waals surface area contributed by atoms with Gasteiger partial charge in [0.25, 0.3) is 0 Å². The van der Waals surface area contributed by atoms with E-state index in [0.717, 1.165) is 32.0 Å². The van der Waals surface area contributed by atoms with E-state index in [4.69, 9.17) is 5.11 Å². The van der Waals surface area contributed by atoms with Crippen LogP contribution in [0.3, 0.4) is 0 Å². The Morgan fingerprint density at radius 2 is 2.00 bits per heavy atom. The van der Waals surface area contributed by atoms with Crippen molar-refractivity contribution in [3.05, 3.63) is 0 Å². The first kappa shape index (κ1) is 6.75. The largest absolute Gasteiger partial charge is 0.392 e. The summed E-state index contributed by atoms with van der Waals surface area (Å²) in [6.45, 7) is 0. The Bertz CT molecular complexity index is 101. The van der Waals surface area contributed by atoms with Crippen molar-refractivity contribution in [1.29, 1.82) is 0 Å². The topological polar surface area (TPSA) is 37.3 Å². The second-order valence-electron chi connectivity index (χ2n) is 2.65. The highest BCUT2D eigenvalue weighted by Crippen LogP contribution is 2.21. The number of aldehydes is 1. The van der Waals surface area contributed by atoms with Gasteiger partial charge in [-0.3, -0.25) is 0 Å². The minimum Gasteiger partial charge on any atom is -0.392 e. The van der Waals surface area contributed by atoms with Crippen LogP contribution in [0.25, 0.3) is 0 Å². The lowest BCUT2D eigenvalue weighted by Crippen LogP contribution is -2.25. The van der Waals surface area contributed by atoms with Gasteiger partial charge in [-0.1, -0.05) is 12.8 Å². The molecular formula is C7H12O2. The van der Waals surface area contributed by atoms with E-state index in [0.29, 0.717) is 0 Å². The highest BCUT2D eigenvalue weighted by molar-refractivity contribution is 5.54. The predicted molar refractivity (Wildman–Crippen MR) is 34.0 cm³/mol. The molecule has 2 nitrogen and oxygen atoms in total. The van der Waals surface area contributed by atoms with Crippen LogP contribution < -0.4 is 0 Å². The molecular weight excluding hydrogens is 116 g/mol. The van der Waals surface area contributed by atoms with Crippen molar-refractivity contribution in [3.63, 3.8) is 0 Å². The van der Waals surface area contributed by atoms with Crippen molar-refractivity contribution in [2.45, 2.75) is 31.8 Å². The first-order chi connectivity index (χ1) is 4.34. The Morgan fingerprint density at radius 1 is 1.33 bits per heavy atom. The van der Waals surface area contributed by atoms with E-state index in [9.17, 15) is 4.79 Å². The summed E-state index contributed by atoms with van der Waals surface area (Å²) in [4.78, 5) is 10.2. The van der Waals surface area contributed by atoms with Crippen LogP contribution in [0.15, 0.2) is 0 Å². The molecule has 9 heavy (non-hydrogen) atoms. The van der Waals surface area contributed by atoms with E-state index < -0.39 is 0 Å². The molecule has 0 bridgehead atoms. The van der Waals surface area contributed by atoms with Gasteiger partial charge < -0.3 is 9.90 Å². The highest BCUT2D eigenvalue weighted by atomic mass is 16.3. The zero-order chi connectivity index (χ0) is 6.69. The van der Waals surface area contributed by atoms with Crippen molar-refractivity contribution in [1.82, 2.24) is 0 Å². The maximum Gasteiger partial charge on any atom is 0.125 e. The molecule has 0 aromatic heterocycles. The zero-order valence-electron chi connectivity index (χ0n) is 5.42. The fraction of sp³-hybridized carbons (Fsp3) is 0.857. The van der Waals surface area contributed by atoms with Gasteiger partial charge in [0.2, 0.25) is 0 Å². The van der Waals surface area contributed by atoms with Crippen molar-refractivity contribution in [3.8, 4) is 0 Å². The zero-order valence-corrected chi connectivity index (χ0v) is 5.42. The van der Waals surface area contributed by atoms with Gasteiger partial charge in [0.1, 0.15) is 6.29 Å². The van der Waals surface area contributed by atoms with Crippen LogP contribution in [0.5, 0.6) is 0 Å². The smallest absolute Gasteiger partial charge is 0.125 e. The second kappa shape index (κ2) is 2.97. The van der Waals surface area contributed by atoms with Crippen LogP contribution in [0.2, 0.25) is 0 Å². The average Bonchev–Trinajstić information content (AvgIpc) is 1.89. The van der Waals surface area contributed by atoms with Gasteiger partial charge >= 0.3 is 0 Å². The molecule has 1 N–H and O–H groups in total. The molecule has 0 radical (unpaired) electrons. The van der Waals surface area contributed by atoms with Gasteiger partial charge in [0, 0.05) is 5.92 Å². The van der Waals surface area contributed by atoms with E-state index in [1.165, 1.54) is 0 Å². The molecule has 1 rings (SSSR count). The van der Waals surface area contributed by atoms with Gasteiger partial charge in [-0.25, -0.2) is 0 Å². The molecule has 0 amide bonds. The average molecular weight is 128 g/mol. The highest BCUT2D eigenvalue weighted by Gasteiger charge is 2.21. The van der Waals surface area contributed by atoms with Gasteiger partial charge in [0.05, 0.1) is 6.10 Å². The number of hydrogen-bond donors (Lipinski definition) is 1. The summed E-state index contributed by atoms with van der Waals surface area (Å²) in [6, 6.07) is 0. The van der Waals surface area contributed by atoms with Crippen LogP contribution in [0.4, 0.5) is 0 Å². The van der Waals surface area contributed by atoms with E-state index in [2.05, 4.69) is 0 Å². The van der Waals surface area contributed by atoms with Crippen LogP contribution in [0.1, 0.15) is 25.7 Å². The Hall–Kier alpha value is -0.370. The lowest BCUT2D eigenvalue weighted by molar-refractivity contribution is -0.115. The Kier molecular flexibility index (Phi) is 2.22. The number of carbonyl (C=O) groups excluding carboxylic acids is 1. The summed E-state index contributed by atoms with van der Waals surface area (Å²) in [5.41, 5.74) is 0. The molecule has 1 fully saturated rings. The Balaban J connectivity index is 2.38. The fourth-order valence-corrected chi connectivity index (χ4v) is 1.30. The lowest BCUT2D eigenvalue weighted by atomic mass is 9.88. The first-order valence-electron chi connectivity index (χ1n) is 3.48. The SMILES string of the molecule is O=C[C@@H]1CCCC[C@@H]1O. The maximum atomic E-state index is 10.2. The van der Waals surface area contributed by atoms with Crippen LogP contribution >= 0.6 is 0 Å². The number of hydrogen-bond acceptors (Lipinski definition) is 2. The number of aliphatic hydroxyl groups is 1. The van der Waals surface area contributed by atoms with E-state index in [1.807, 2.05) is 0 Å². The Labute approximate surface area is 54.9 Å². The van der Waals surface area contributed by atoms with Gasteiger partial charge in [-0.05, 0) is 12.8 Å². The molecule has 1 aliphatic carbocycles. The molecule has 0 heterocycles. The third kappa shape index (κ3) is 1.52. The van der Waals surface area contributed by atoms with Crippen molar-refractivity contribution in [2.24, 2.45) is 5.92 Å². The first-order valence-corrected chi connectivity index (χ1v) is 3.48. The molecule has 2 heteroatoms. The molecule has 52 valence electrons. The van der Waals surface area contributed by atoms with Crippen molar-refractivity contribution in [2.75, 3.05) is 0 Å². The number of carbonyl (C=O) groups is 1. The predicted octanol–water partition coefficient (Wildman–Crippen LogP) is 0.736. The summed E-state index contributed by atoms with van der Waals surface area (Å²) in [5, 5.41) is 9.14. The van der Waals surface area contributed by atoms with Crippen LogP contribution in [-0.4, -0.2) is 17.5 Å². The molecule has 0 unspecified atom stereocenters. The van der Waals surface area contributed by atoms with Crippen molar-refractivity contribution >= 4 is 6.29 Å². The van der Waals surface area contributed by atoms with Gasteiger partial charge in [-0.15, -0.1) is 0 Å². The molecule has 1 aliphatic rings. The molecule has 2 atom stereocenters. The van der Waals surface area contributed by atoms with E-state index >= 15 is 0 Å². The minimum absolute atomic E-state index is 0.0706. The number of rotatable bonds is 1. The van der Waals surface area contributed by atoms with Crippen LogP contribution in [-0.2, 0) is 4.79 Å². The molecule has 0 saturated heterocycles. The lowest BCUT2D eigenvalue weighted by Gasteiger charge is -2.22.